The van der Waals surface area contributed by atoms with Crippen molar-refractivity contribution in [3.05, 3.63) is 29.8 Å². The van der Waals surface area contributed by atoms with Crippen molar-refractivity contribution in [3.63, 3.8) is 0 Å². The summed E-state index contributed by atoms with van der Waals surface area (Å²) in [5, 5.41) is 5.20. The standard InChI is InChI=1S/C17H26N4O3/c1-5-9-21(12-16(23)20(3)4)15(22)11-18-17(24)19-14-8-6-7-13(2)10-14/h6-8,10H,5,9,11-12H2,1-4H3,(H2,18,19,24). The van der Waals surface area contributed by atoms with Crippen LogP contribution in [-0.4, -0.2) is 61.4 Å². The molecule has 2 N–H and O–H groups in total. The van der Waals surface area contributed by atoms with Gasteiger partial charge in [0.05, 0.1) is 13.1 Å². The molecular weight excluding hydrogens is 308 g/mol. The van der Waals surface area contributed by atoms with Crippen molar-refractivity contribution in [2.24, 2.45) is 0 Å². The van der Waals surface area contributed by atoms with Crippen LogP contribution in [0.15, 0.2) is 24.3 Å². The Labute approximate surface area is 143 Å². The summed E-state index contributed by atoms with van der Waals surface area (Å²) >= 11 is 0. The van der Waals surface area contributed by atoms with Crippen LogP contribution in [0.3, 0.4) is 0 Å². The van der Waals surface area contributed by atoms with Crippen LogP contribution in [0.25, 0.3) is 0 Å². The number of carbonyl (C=O) groups excluding carboxylic acids is 3. The highest BCUT2D eigenvalue weighted by Crippen LogP contribution is 2.08. The lowest BCUT2D eigenvalue weighted by molar-refractivity contribution is -0.138. The number of urea groups is 1. The van der Waals surface area contributed by atoms with Gasteiger partial charge in [0.25, 0.3) is 0 Å². The molecular formula is C17H26N4O3. The van der Waals surface area contributed by atoms with Crippen LogP contribution in [0.2, 0.25) is 0 Å². The zero-order chi connectivity index (χ0) is 18.1. The van der Waals surface area contributed by atoms with E-state index in [-0.39, 0.29) is 24.9 Å². The van der Waals surface area contributed by atoms with Crippen LogP contribution in [0.5, 0.6) is 0 Å². The van der Waals surface area contributed by atoms with Gasteiger partial charge in [-0.1, -0.05) is 19.1 Å². The number of hydrogen-bond donors (Lipinski definition) is 2. The molecule has 0 heterocycles. The van der Waals surface area contributed by atoms with Crippen molar-refractivity contribution in [2.45, 2.75) is 20.3 Å². The van der Waals surface area contributed by atoms with Crippen molar-refractivity contribution in [2.75, 3.05) is 39.0 Å². The molecule has 24 heavy (non-hydrogen) atoms. The maximum absolute atomic E-state index is 12.2. The zero-order valence-electron chi connectivity index (χ0n) is 14.8. The summed E-state index contributed by atoms with van der Waals surface area (Å²) in [6, 6.07) is 6.92. The highest BCUT2D eigenvalue weighted by Gasteiger charge is 2.18. The predicted octanol–water partition coefficient (Wildman–Crippen LogP) is 1.44. The minimum atomic E-state index is -0.454. The molecule has 0 aromatic heterocycles. The van der Waals surface area contributed by atoms with Gasteiger partial charge >= 0.3 is 6.03 Å². The molecule has 0 aliphatic heterocycles. The molecule has 0 fully saturated rings. The molecule has 0 saturated heterocycles. The van der Waals surface area contributed by atoms with Crippen LogP contribution in [0.4, 0.5) is 10.5 Å². The SMILES string of the molecule is CCCN(CC(=O)N(C)C)C(=O)CNC(=O)Nc1cccc(C)c1. The lowest BCUT2D eigenvalue weighted by Crippen LogP contribution is -2.45. The molecule has 0 atom stereocenters. The molecule has 0 bridgehead atoms. The van der Waals surface area contributed by atoms with Crippen LogP contribution in [-0.2, 0) is 9.59 Å². The van der Waals surface area contributed by atoms with Crippen molar-refractivity contribution >= 4 is 23.5 Å². The van der Waals surface area contributed by atoms with E-state index in [0.717, 1.165) is 12.0 Å². The number of amides is 4. The molecule has 132 valence electrons. The number of anilines is 1. The molecule has 1 aromatic carbocycles. The molecule has 7 nitrogen and oxygen atoms in total. The lowest BCUT2D eigenvalue weighted by atomic mass is 10.2. The number of likely N-dealkylation sites (N-methyl/N-ethyl adjacent to an activating group) is 1. The smallest absolute Gasteiger partial charge is 0.319 e. The van der Waals surface area contributed by atoms with E-state index < -0.39 is 6.03 Å². The number of nitrogens with zero attached hydrogens (tertiary/aromatic N) is 2. The first kappa shape index (κ1) is 19.5. The van der Waals surface area contributed by atoms with Crippen molar-refractivity contribution in [3.8, 4) is 0 Å². The fourth-order valence-corrected chi connectivity index (χ4v) is 2.03. The van der Waals surface area contributed by atoms with E-state index in [1.54, 1.807) is 20.2 Å². The first-order valence-electron chi connectivity index (χ1n) is 7.93. The summed E-state index contributed by atoms with van der Waals surface area (Å²) in [7, 11) is 3.29. The Morgan fingerprint density at radius 2 is 1.83 bits per heavy atom. The summed E-state index contributed by atoms with van der Waals surface area (Å²) in [6.45, 7) is 4.19. The van der Waals surface area contributed by atoms with Crippen LogP contribution >= 0.6 is 0 Å². The first-order valence-corrected chi connectivity index (χ1v) is 7.93. The molecule has 0 saturated carbocycles. The van der Waals surface area contributed by atoms with E-state index in [9.17, 15) is 14.4 Å². The molecule has 0 aliphatic rings. The van der Waals surface area contributed by atoms with E-state index in [2.05, 4.69) is 10.6 Å². The lowest BCUT2D eigenvalue weighted by Gasteiger charge is -2.23. The molecule has 0 unspecified atom stereocenters. The van der Waals surface area contributed by atoms with Gasteiger partial charge in [-0.15, -0.1) is 0 Å². The van der Waals surface area contributed by atoms with Crippen molar-refractivity contribution < 1.29 is 14.4 Å². The highest BCUT2D eigenvalue weighted by atomic mass is 16.2. The van der Waals surface area contributed by atoms with Crippen LogP contribution in [0.1, 0.15) is 18.9 Å². The quantitative estimate of drug-likeness (QED) is 0.792. The number of benzene rings is 1. The van der Waals surface area contributed by atoms with Gasteiger partial charge in [0.15, 0.2) is 0 Å². The van der Waals surface area contributed by atoms with E-state index in [1.165, 1.54) is 9.80 Å². The monoisotopic (exact) mass is 334 g/mol. The van der Waals surface area contributed by atoms with E-state index in [0.29, 0.717) is 12.2 Å². The van der Waals surface area contributed by atoms with Gasteiger partial charge in [-0.25, -0.2) is 4.79 Å². The third kappa shape index (κ3) is 6.68. The molecule has 0 aliphatic carbocycles. The topological polar surface area (TPSA) is 81.8 Å². The Kier molecular flexibility index (Phi) is 7.74. The fraction of sp³-hybridized carbons (Fsp3) is 0.471. The second-order valence-electron chi connectivity index (χ2n) is 5.78. The average molecular weight is 334 g/mol. The number of rotatable bonds is 7. The van der Waals surface area contributed by atoms with E-state index >= 15 is 0 Å². The number of carbonyl (C=O) groups is 3. The first-order chi connectivity index (χ1) is 11.3. The Balaban J connectivity index is 2.51. The molecule has 0 radical (unpaired) electrons. The summed E-state index contributed by atoms with van der Waals surface area (Å²) in [4.78, 5) is 38.8. The highest BCUT2D eigenvalue weighted by molar-refractivity contribution is 5.93. The third-order valence-corrected chi connectivity index (χ3v) is 3.35. The second kappa shape index (κ2) is 9.54. The maximum Gasteiger partial charge on any atom is 0.319 e. The van der Waals surface area contributed by atoms with Gasteiger partial charge in [-0.05, 0) is 31.0 Å². The van der Waals surface area contributed by atoms with Gasteiger partial charge in [0.2, 0.25) is 11.8 Å². The summed E-state index contributed by atoms with van der Waals surface area (Å²) in [6.07, 6.45) is 0.738. The molecule has 0 spiro atoms. The number of aryl methyl sites for hydroxylation is 1. The van der Waals surface area contributed by atoms with Gasteiger partial charge in [0, 0.05) is 26.3 Å². The summed E-state index contributed by atoms with van der Waals surface area (Å²) in [5.74, 6) is -0.438. The fourth-order valence-electron chi connectivity index (χ4n) is 2.03. The minimum Gasteiger partial charge on any atom is -0.347 e. The van der Waals surface area contributed by atoms with Crippen molar-refractivity contribution in [1.82, 2.24) is 15.1 Å². The van der Waals surface area contributed by atoms with Gasteiger partial charge in [-0.3, -0.25) is 9.59 Å². The Morgan fingerprint density at radius 3 is 2.42 bits per heavy atom. The van der Waals surface area contributed by atoms with E-state index in [4.69, 9.17) is 0 Å². The maximum atomic E-state index is 12.2. The third-order valence-electron chi connectivity index (χ3n) is 3.35. The minimum absolute atomic E-state index is 0.0147. The normalized spacial score (nSPS) is 10.0. The van der Waals surface area contributed by atoms with Gasteiger partial charge in [-0.2, -0.15) is 0 Å². The second-order valence-corrected chi connectivity index (χ2v) is 5.78. The van der Waals surface area contributed by atoms with Gasteiger partial charge < -0.3 is 20.4 Å². The number of hydrogen-bond acceptors (Lipinski definition) is 3. The van der Waals surface area contributed by atoms with Crippen LogP contribution in [0, 0.1) is 6.92 Å². The molecule has 1 aromatic rings. The van der Waals surface area contributed by atoms with E-state index in [1.807, 2.05) is 32.0 Å². The summed E-state index contributed by atoms with van der Waals surface area (Å²) in [5.41, 5.74) is 1.69. The van der Waals surface area contributed by atoms with Gasteiger partial charge in [0.1, 0.15) is 0 Å². The molecule has 4 amide bonds. The number of nitrogens with one attached hydrogen (secondary N) is 2. The zero-order valence-corrected chi connectivity index (χ0v) is 14.8. The Hall–Kier alpha value is -2.57. The average Bonchev–Trinajstić information content (AvgIpc) is 2.52. The van der Waals surface area contributed by atoms with Crippen molar-refractivity contribution in [1.29, 1.82) is 0 Å². The Bertz CT molecular complexity index is 587. The largest absolute Gasteiger partial charge is 0.347 e. The molecule has 1 rings (SSSR count). The predicted molar refractivity (Wildman–Crippen MR) is 93.8 cm³/mol. The van der Waals surface area contributed by atoms with Crippen LogP contribution < -0.4 is 10.6 Å². The summed E-state index contributed by atoms with van der Waals surface area (Å²) < 4.78 is 0. The molecule has 7 heteroatoms. The Morgan fingerprint density at radius 1 is 1.12 bits per heavy atom.